The van der Waals surface area contributed by atoms with E-state index in [1.165, 1.54) is 6.07 Å². The molecule has 5 nitrogen and oxygen atoms in total. The van der Waals surface area contributed by atoms with Gasteiger partial charge in [-0.15, -0.1) is 0 Å². The largest absolute Gasteiger partial charge is 0.396 e. The molecule has 188 valence electrons. The van der Waals surface area contributed by atoms with Crippen molar-refractivity contribution in [1.29, 1.82) is 0 Å². The Bertz CT molecular complexity index is 1290. The molecular formula is C30H33FN2O3. The van der Waals surface area contributed by atoms with Crippen LogP contribution in [0.15, 0.2) is 78.9 Å². The highest BCUT2D eigenvalue weighted by atomic mass is 19.1. The SMILES string of the molecule is Nc1cc2cc(C3(COCc4ccccc4)CCC3)n(C[C@@H](O)COCc3ccccc3)c2cc1F. The Morgan fingerprint density at radius 1 is 0.917 bits per heavy atom. The van der Waals surface area contributed by atoms with E-state index in [0.717, 1.165) is 47.0 Å². The zero-order chi connectivity index (χ0) is 25.0. The number of rotatable bonds is 11. The van der Waals surface area contributed by atoms with Crippen LogP contribution >= 0.6 is 0 Å². The van der Waals surface area contributed by atoms with E-state index in [9.17, 15) is 9.50 Å². The van der Waals surface area contributed by atoms with Gasteiger partial charge in [-0.25, -0.2) is 4.39 Å². The molecule has 3 N–H and O–H groups in total. The smallest absolute Gasteiger partial charge is 0.148 e. The Kier molecular flexibility index (Phi) is 7.37. The first kappa shape index (κ1) is 24.5. The highest BCUT2D eigenvalue weighted by Crippen LogP contribution is 2.46. The fourth-order valence-corrected chi connectivity index (χ4v) is 5.10. The molecule has 1 saturated carbocycles. The zero-order valence-corrected chi connectivity index (χ0v) is 20.4. The number of benzene rings is 3. The molecule has 0 aliphatic heterocycles. The van der Waals surface area contributed by atoms with Crippen LogP contribution in [0.3, 0.4) is 0 Å². The Labute approximate surface area is 211 Å². The van der Waals surface area contributed by atoms with Crippen LogP contribution in [-0.4, -0.2) is 29.0 Å². The predicted octanol–water partition coefficient (Wildman–Crippen LogP) is 5.58. The van der Waals surface area contributed by atoms with Crippen molar-refractivity contribution in [2.75, 3.05) is 18.9 Å². The normalized spacial score (nSPS) is 15.6. The molecule has 0 saturated heterocycles. The second-order valence-electron chi connectivity index (χ2n) is 9.84. The first-order valence-corrected chi connectivity index (χ1v) is 12.5. The quantitative estimate of drug-likeness (QED) is 0.271. The van der Waals surface area contributed by atoms with Gasteiger partial charge in [0.2, 0.25) is 0 Å². The first-order valence-electron chi connectivity index (χ1n) is 12.5. The third-order valence-electron chi connectivity index (χ3n) is 7.18. The summed E-state index contributed by atoms with van der Waals surface area (Å²) >= 11 is 0. The van der Waals surface area contributed by atoms with E-state index in [-0.39, 0.29) is 17.7 Å². The number of aromatic nitrogens is 1. The van der Waals surface area contributed by atoms with Gasteiger partial charge in [0.1, 0.15) is 5.82 Å². The molecule has 6 heteroatoms. The van der Waals surface area contributed by atoms with Crippen LogP contribution in [0.4, 0.5) is 10.1 Å². The number of hydrogen-bond donors (Lipinski definition) is 2. The standard InChI is InChI=1S/C30H33FN2O3/c31-26-16-28-24(14-27(26)32)15-29(30(12-7-13-30)21-36-19-23-10-5-2-6-11-23)33(28)17-25(34)20-35-18-22-8-3-1-4-9-22/h1-6,8-11,14-16,25,34H,7,12-13,17-21,32H2/t25-/m1/s1. The number of hydrogen-bond acceptors (Lipinski definition) is 4. The Hall–Kier alpha value is -3.19. The molecule has 5 rings (SSSR count). The molecule has 1 atom stereocenters. The number of fused-ring (bicyclic) bond motifs is 1. The van der Waals surface area contributed by atoms with Gasteiger partial charge in [0.25, 0.3) is 0 Å². The molecule has 4 aromatic rings. The number of nitrogens with two attached hydrogens (primary N) is 1. The molecule has 0 spiro atoms. The van der Waals surface area contributed by atoms with Crippen molar-refractivity contribution in [2.24, 2.45) is 0 Å². The maximum Gasteiger partial charge on any atom is 0.148 e. The van der Waals surface area contributed by atoms with Crippen molar-refractivity contribution in [1.82, 2.24) is 4.57 Å². The van der Waals surface area contributed by atoms with E-state index in [4.69, 9.17) is 15.2 Å². The zero-order valence-electron chi connectivity index (χ0n) is 20.4. The number of halogens is 1. The summed E-state index contributed by atoms with van der Waals surface area (Å²) in [5.74, 6) is -0.453. The lowest BCUT2D eigenvalue weighted by Gasteiger charge is -2.42. The van der Waals surface area contributed by atoms with E-state index < -0.39 is 11.9 Å². The van der Waals surface area contributed by atoms with E-state index in [1.54, 1.807) is 6.07 Å². The second kappa shape index (κ2) is 10.8. The first-order chi connectivity index (χ1) is 17.5. The van der Waals surface area contributed by atoms with Crippen LogP contribution in [0.5, 0.6) is 0 Å². The minimum atomic E-state index is -0.744. The number of aliphatic hydroxyl groups excluding tert-OH is 1. The lowest BCUT2D eigenvalue weighted by molar-refractivity contribution is 0.0145. The number of nitrogens with zero attached hydrogens (tertiary/aromatic N) is 1. The molecule has 36 heavy (non-hydrogen) atoms. The van der Waals surface area contributed by atoms with E-state index in [0.29, 0.717) is 26.4 Å². The van der Waals surface area contributed by atoms with Gasteiger partial charge in [0.05, 0.1) is 50.3 Å². The summed E-state index contributed by atoms with van der Waals surface area (Å²) in [6.07, 6.45) is 2.33. The highest BCUT2D eigenvalue weighted by molar-refractivity contribution is 5.85. The van der Waals surface area contributed by atoms with Gasteiger partial charge >= 0.3 is 0 Å². The van der Waals surface area contributed by atoms with E-state index in [1.807, 2.05) is 53.1 Å². The molecule has 1 aromatic heterocycles. The number of aliphatic hydroxyl groups is 1. The van der Waals surface area contributed by atoms with Crippen LogP contribution in [0.25, 0.3) is 10.9 Å². The summed E-state index contributed by atoms with van der Waals surface area (Å²) in [4.78, 5) is 0. The molecule has 1 aliphatic rings. The summed E-state index contributed by atoms with van der Waals surface area (Å²) in [6.45, 7) is 2.02. The second-order valence-corrected chi connectivity index (χ2v) is 9.84. The fraction of sp³-hybridized carbons (Fsp3) is 0.333. The van der Waals surface area contributed by atoms with Gasteiger partial charge in [0, 0.05) is 22.6 Å². The molecule has 1 fully saturated rings. The number of ether oxygens (including phenoxy) is 2. The van der Waals surface area contributed by atoms with Gasteiger partial charge in [-0.2, -0.15) is 0 Å². The van der Waals surface area contributed by atoms with Crippen LogP contribution in [0.1, 0.15) is 36.1 Å². The monoisotopic (exact) mass is 488 g/mol. The van der Waals surface area contributed by atoms with Crippen molar-refractivity contribution in [3.05, 3.63) is 102 Å². The van der Waals surface area contributed by atoms with Crippen LogP contribution in [0, 0.1) is 5.82 Å². The lowest BCUT2D eigenvalue weighted by atomic mass is 9.67. The average Bonchev–Trinajstić information content (AvgIpc) is 3.19. The Morgan fingerprint density at radius 3 is 2.17 bits per heavy atom. The molecule has 0 amide bonds. The summed E-state index contributed by atoms with van der Waals surface area (Å²) < 4.78 is 28.5. The maximum atomic E-state index is 14.5. The third-order valence-corrected chi connectivity index (χ3v) is 7.18. The topological polar surface area (TPSA) is 69.6 Å². The molecule has 0 bridgehead atoms. The van der Waals surface area contributed by atoms with Crippen LogP contribution < -0.4 is 5.73 Å². The van der Waals surface area contributed by atoms with Crippen molar-refractivity contribution in [2.45, 2.75) is 50.5 Å². The Morgan fingerprint density at radius 2 is 1.56 bits per heavy atom. The number of anilines is 1. The lowest BCUT2D eigenvalue weighted by Crippen LogP contribution is -2.41. The number of nitrogen functional groups attached to an aromatic ring is 1. The van der Waals surface area contributed by atoms with Crippen molar-refractivity contribution < 1.29 is 19.0 Å². The fourth-order valence-electron chi connectivity index (χ4n) is 5.10. The van der Waals surface area contributed by atoms with Gasteiger partial charge < -0.3 is 24.9 Å². The minimum absolute atomic E-state index is 0.126. The average molecular weight is 489 g/mol. The van der Waals surface area contributed by atoms with Crippen molar-refractivity contribution in [3.8, 4) is 0 Å². The van der Waals surface area contributed by atoms with E-state index >= 15 is 0 Å². The van der Waals surface area contributed by atoms with Gasteiger partial charge in [-0.05, 0) is 36.1 Å². The summed E-state index contributed by atoms with van der Waals surface area (Å²) in [5, 5.41) is 11.8. The van der Waals surface area contributed by atoms with Gasteiger partial charge in [0.15, 0.2) is 0 Å². The van der Waals surface area contributed by atoms with Crippen LogP contribution in [-0.2, 0) is 34.6 Å². The maximum absolute atomic E-state index is 14.5. The molecule has 3 aromatic carbocycles. The van der Waals surface area contributed by atoms with Gasteiger partial charge in [-0.3, -0.25) is 0 Å². The van der Waals surface area contributed by atoms with Crippen molar-refractivity contribution in [3.63, 3.8) is 0 Å². The summed E-state index contributed by atoms with van der Waals surface area (Å²) in [5.41, 5.74) is 9.81. The third kappa shape index (κ3) is 5.31. The summed E-state index contributed by atoms with van der Waals surface area (Å²) in [6, 6.07) is 25.3. The molecular weight excluding hydrogens is 455 g/mol. The summed E-state index contributed by atoms with van der Waals surface area (Å²) in [7, 11) is 0. The molecule has 0 unspecified atom stereocenters. The molecule has 1 heterocycles. The molecule has 0 radical (unpaired) electrons. The van der Waals surface area contributed by atoms with Gasteiger partial charge in [-0.1, -0.05) is 67.1 Å². The Balaban J connectivity index is 1.36. The van der Waals surface area contributed by atoms with Crippen molar-refractivity contribution >= 4 is 16.6 Å². The minimum Gasteiger partial charge on any atom is -0.396 e. The van der Waals surface area contributed by atoms with Crippen LogP contribution in [0.2, 0.25) is 0 Å². The highest BCUT2D eigenvalue weighted by Gasteiger charge is 2.42. The predicted molar refractivity (Wildman–Crippen MR) is 140 cm³/mol. The van der Waals surface area contributed by atoms with E-state index in [2.05, 4.69) is 18.2 Å². The molecule has 1 aliphatic carbocycles.